The van der Waals surface area contributed by atoms with Crippen LogP contribution in [0.25, 0.3) is 0 Å². The molecule has 0 saturated carbocycles. The quantitative estimate of drug-likeness (QED) is 0.680. The Hall–Kier alpha value is -1.72. The molecular formula is C16H15BrClNO3. The van der Waals surface area contributed by atoms with Crippen molar-refractivity contribution in [1.82, 2.24) is 0 Å². The Labute approximate surface area is 142 Å². The summed E-state index contributed by atoms with van der Waals surface area (Å²) >= 11 is 9.40. The number of carbonyl (C=O) groups is 1. The molecule has 0 aliphatic heterocycles. The maximum atomic E-state index is 11.1. The molecule has 2 rings (SSSR count). The third-order valence-corrected chi connectivity index (χ3v) is 3.79. The summed E-state index contributed by atoms with van der Waals surface area (Å²) in [6.45, 7) is 1.10. The molecular weight excluding hydrogens is 370 g/mol. The number of nitrogens with one attached hydrogen (secondary N) is 1. The average Bonchev–Trinajstić information content (AvgIpc) is 2.50. The van der Waals surface area contributed by atoms with Crippen LogP contribution in [0.15, 0.2) is 46.9 Å². The fraction of sp³-hybridized carbons (Fsp3) is 0.188. The molecule has 2 aromatic rings. The van der Waals surface area contributed by atoms with Crippen LogP contribution in [0.5, 0.6) is 5.75 Å². The number of rotatable bonds is 7. The van der Waals surface area contributed by atoms with Crippen LogP contribution in [0.2, 0.25) is 5.02 Å². The molecule has 2 aromatic carbocycles. The summed E-state index contributed by atoms with van der Waals surface area (Å²) < 4.78 is 6.60. The molecule has 0 atom stereocenters. The number of anilines is 1. The summed E-state index contributed by atoms with van der Waals surface area (Å²) in [6, 6.07) is 12.4. The van der Waals surface area contributed by atoms with E-state index < -0.39 is 5.97 Å². The van der Waals surface area contributed by atoms with Gasteiger partial charge in [0.05, 0.1) is 22.9 Å². The maximum Gasteiger partial charge on any atom is 0.337 e. The first-order valence-corrected chi connectivity index (χ1v) is 7.89. The van der Waals surface area contributed by atoms with Gasteiger partial charge in [-0.1, -0.05) is 33.6 Å². The number of carboxylic acid groups (broad SMARTS) is 1. The summed E-state index contributed by atoms with van der Waals surface area (Å²) in [5.41, 5.74) is 0.613. The van der Waals surface area contributed by atoms with Gasteiger partial charge in [0.15, 0.2) is 0 Å². The Morgan fingerprint density at radius 3 is 2.64 bits per heavy atom. The van der Waals surface area contributed by atoms with Crippen molar-refractivity contribution < 1.29 is 14.6 Å². The number of halogens is 2. The fourth-order valence-electron chi connectivity index (χ4n) is 1.89. The third kappa shape index (κ3) is 4.64. The molecule has 2 N–H and O–H groups in total. The molecule has 0 bridgehead atoms. The number of benzene rings is 2. The summed E-state index contributed by atoms with van der Waals surface area (Å²) in [6.07, 6.45) is 0.723. The average molecular weight is 385 g/mol. The second-order valence-electron chi connectivity index (χ2n) is 4.55. The van der Waals surface area contributed by atoms with Gasteiger partial charge >= 0.3 is 5.97 Å². The van der Waals surface area contributed by atoms with E-state index in [1.54, 1.807) is 12.1 Å². The highest BCUT2D eigenvalue weighted by Crippen LogP contribution is 2.26. The summed E-state index contributed by atoms with van der Waals surface area (Å²) in [5, 5.41) is 12.6. The minimum absolute atomic E-state index is 0.168. The SMILES string of the molecule is O=C(O)c1cccc(Cl)c1NCCCOc1ccc(Br)cc1. The minimum atomic E-state index is -1.00. The van der Waals surface area contributed by atoms with E-state index in [-0.39, 0.29) is 5.56 Å². The molecule has 22 heavy (non-hydrogen) atoms. The molecule has 0 fully saturated rings. The zero-order valence-electron chi connectivity index (χ0n) is 11.7. The van der Waals surface area contributed by atoms with Crippen LogP contribution in [0.1, 0.15) is 16.8 Å². The highest BCUT2D eigenvalue weighted by Gasteiger charge is 2.12. The normalized spacial score (nSPS) is 10.3. The van der Waals surface area contributed by atoms with Gasteiger partial charge in [-0.3, -0.25) is 0 Å². The zero-order valence-corrected chi connectivity index (χ0v) is 14.0. The second-order valence-corrected chi connectivity index (χ2v) is 5.87. The van der Waals surface area contributed by atoms with Crippen LogP contribution in [0.4, 0.5) is 5.69 Å². The summed E-state index contributed by atoms with van der Waals surface area (Å²) in [7, 11) is 0. The number of para-hydroxylation sites is 1. The van der Waals surface area contributed by atoms with Crippen molar-refractivity contribution >= 4 is 39.2 Å². The van der Waals surface area contributed by atoms with Gasteiger partial charge in [-0.25, -0.2) is 4.79 Å². The monoisotopic (exact) mass is 383 g/mol. The lowest BCUT2D eigenvalue weighted by Crippen LogP contribution is -2.11. The molecule has 0 aliphatic rings. The highest BCUT2D eigenvalue weighted by atomic mass is 79.9. The van der Waals surface area contributed by atoms with E-state index >= 15 is 0 Å². The van der Waals surface area contributed by atoms with Crippen LogP contribution in [-0.2, 0) is 0 Å². The molecule has 0 spiro atoms. The molecule has 116 valence electrons. The molecule has 4 nitrogen and oxygen atoms in total. The maximum absolute atomic E-state index is 11.1. The van der Waals surface area contributed by atoms with Gasteiger partial charge in [-0.15, -0.1) is 0 Å². The van der Waals surface area contributed by atoms with Crippen molar-refractivity contribution in [3.8, 4) is 5.75 Å². The van der Waals surface area contributed by atoms with E-state index in [1.807, 2.05) is 24.3 Å². The van der Waals surface area contributed by atoms with Gasteiger partial charge in [0, 0.05) is 11.0 Å². The molecule has 0 aliphatic carbocycles. The number of aromatic carboxylic acids is 1. The Morgan fingerprint density at radius 1 is 1.23 bits per heavy atom. The smallest absolute Gasteiger partial charge is 0.337 e. The van der Waals surface area contributed by atoms with E-state index in [4.69, 9.17) is 21.4 Å². The molecule has 6 heteroatoms. The molecule has 0 amide bonds. The van der Waals surface area contributed by atoms with E-state index in [2.05, 4.69) is 21.2 Å². The van der Waals surface area contributed by atoms with E-state index in [0.717, 1.165) is 16.6 Å². The van der Waals surface area contributed by atoms with Gasteiger partial charge in [0.25, 0.3) is 0 Å². The first-order valence-electron chi connectivity index (χ1n) is 6.72. The Kier molecular flexibility index (Phi) is 6.10. The summed E-state index contributed by atoms with van der Waals surface area (Å²) in [5.74, 6) is -0.205. The third-order valence-electron chi connectivity index (χ3n) is 2.95. The molecule has 0 saturated heterocycles. The molecule has 0 radical (unpaired) electrons. The van der Waals surface area contributed by atoms with Crippen molar-refractivity contribution in [3.63, 3.8) is 0 Å². The van der Waals surface area contributed by atoms with E-state index in [9.17, 15) is 4.79 Å². The van der Waals surface area contributed by atoms with Crippen molar-refractivity contribution in [3.05, 3.63) is 57.5 Å². The lowest BCUT2D eigenvalue weighted by atomic mass is 10.1. The number of hydrogen-bond acceptors (Lipinski definition) is 3. The predicted octanol–water partition coefficient (Wildman–Crippen LogP) is 4.68. The second kappa shape index (κ2) is 8.06. The lowest BCUT2D eigenvalue weighted by molar-refractivity contribution is 0.0698. The Bertz CT molecular complexity index is 646. The van der Waals surface area contributed by atoms with Crippen LogP contribution in [-0.4, -0.2) is 24.2 Å². The number of carboxylic acids is 1. The first kappa shape index (κ1) is 16.6. The van der Waals surface area contributed by atoms with Crippen LogP contribution in [0, 0.1) is 0 Å². The number of hydrogen-bond donors (Lipinski definition) is 2. The molecule has 0 heterocycles. The van der Waals surface area contributed by atoms with Crippen LogP contribution >= 0.6 is 27.5 Å². The first-order chi connectivity index (χ1) is 10.6. The number of ether oxygens (including phenoxy) is 1. The molecule has 0 unspecified atom stereocenters. The van der Waals surface area contributed by atoms with E-state index in [0.29, 0.717) is 23.9 Å². The van der Waals surface area contributed by atoms with Crippen molar-refractivity contribution in [2.75, 3.05) is 18.5 Å². The Morgan fingerprint density at radius 2 is 1.95 bits per heavy atom. The van der Waals surface area contributed by atoms with Gasteiger partial charge in [0.2, 0.25) is 0 Å². The van der Waals surface area contributed by atoms with Crippen molar-refractivity contribution in [2.45, 2.75) is 6.42 Å². The Balaban J connectivity index is 1.82. The predicted molar refractivity (Wildman–Crippen MR) is 91.2 cm³/mol. The van der Waals surface area contributed by atoms with Crippen molar-refractivity contribution in [2.24, 2.45) is 0 Å². The minimum Gasteiger partial charge on any atom is -0.494 e. The topological polar surface area (TPSA) is 58.6 Å². The van der Waals surface area contributed by atoms with Gasteiger partial charge in [-0.2, -0.15) is 0 Å². The van der Waals surface area contributed by atoms with Gasteiger partial charge in [0.1, 0.15) is 5.75 Å². The van der Waals surface area contributed by atoms with Gasteiger partial charge < -0.3 is 15.2 Å². The van der Waals surface area contributed by atoms with Crippen LogP contribution < -0.4 is 10.1 Å². The molecule has 0 aromatic heterocycles. The van der Waals surface area contributed by atoms with Crippen LogP contribution in [0.3, 0.4) is 0 Å². The largest absolute Gasteiger partial charge is 0.494 e. The standard InChI is InChI=1S/C16H15BrClNO3/c17-11-5-7-12(8-6-11)22-10-2-9-19-15-13(16(20)21)3-1-4-14(15)18/h1,3-8,19H,2,9-10H2,(H,20,21). The van der Waals surface area contributed by atoms with Gasteiger partial charge in [-0.05, 0) is 42.8 Å². The highest BCUT2D eigenvalue weighted by molar-refractivity contribution is 9.10. The summed E-state index contributed by atoms with van der Waals surface area (Å²) in [4.78, 5) is 11.1. The lowest BCUT2D eigenvalue weighted by Gasteiger charge is -2.12. The van der Waals surface area contributed by atoms with E-state index in [1.165, 1.54) is 6.07 Å². The zero-order chi connectivity index (χ0) is 15.9. The van der Waals surface area contributed by atoms with Crippen molar-refractivity contribution in [1.29, 1.82) is 0 Å². The fourth-order valence-corrected chi connectivity index (χ4v) is 2.39.